The van der Waals surface area contributed by atoms with Gasteiger partial charge in [0.2, 0.25) is 0 Å². The number of rotatable bonds is 3. The summed E-state index contributed by atoms with van der Waals surface area (Å²) in [6.45, 7) is 1.95. The standard InChI is InChI=1S/C11H10N2O3.C8H16N2O/c14-11(13-9-4-2-1-3-5-9)15-7-10-6-12-8-16-10;1-9(2)8(11)10-6-4-3-5-7-10/h1-6,8H,7H2,(H,13,14);3-7H2,1-2H3. The lowest BCUT2D eigenvalue weighted by molar-refractivity contribution is 0.146. The number of piperidine rings is 1. The third kappa shape index (κ3) is 7.39. The number of oxazole rings is 1. The van der Waals surface area contributed by atoms with Crippen LogP contribution in [-0.2, 0) is 11.3 Å². The van der Waals surface area contributed by atoms with Crippen LogP contribution in [0.15, 0.2) is 47.3 Å². The molecule has 1 N–H and O–H groups in total. The molecule has 0 atom stereocenters. The maximum absolute atomic E-state index is 11.3. The molecular weight excluding hydrogens is 348 g/mol. The Morgan fingerprint density at radius 3 is 2.48 bits per heavy atom. The fourth-order valence-corrected chi connectivity index (χ4v) is 2.49. The van der Waals surface area contributed by atoms with E-state index in [0.717, 1.165) is 13.1 Å². The van der Waals surface area contributed by atoms with Crippen LogP contribution in [0.1, 0.15) is 25.0 Å². The van der Waals surface area contributed by atoms with Gasteiger partial charge < -0.3 is 19.0 Å². The minimum Gasteiger partial charge on any atom is -0.445 e. The topological polar surface area (TPSA) is 87.9 Å². The maximum atomic E-state index is 11.3. The lowest BCUT2D eigenvalue weighted by atomic mass is 10.1. The average molecular weight is 374 g/mol. The summed E-state index contributed by atoms with van der Waals surface area (Å²) in [6, 6.07) is 9.22. The summed E-state index contributed by atoms with van der Waals surface area (Å²) in [5.74, 6) is 0.503. The van der Waals surface area contributed by atoms with Crippen LogP contribution in [0.3, 0.4) is 0 Å². The first-order valence-electron chi connectivity index (χ1n) is 8.88. The van der Waals surface area contributed by atoms with E-state index in [1.54, 1.807) is 31.1 Å². The zero-order chi connectivity index (χ0) is 19.5. The van der Waals surface area contributed by atoms with E-state index in [9.17, 15) is 9.59 Å². The molecule has 2 aromatic rings. The summed E-state index contributed by atoms with van der Waals surface area (Å²) in [6.07, 6.45) is 5.86. The van der Waals surface area contributed by atoms with Crippen LogP contribution in [0.2, 0.25) is 0 Å². The van der Waals surface area contributed by atoms with Crippen LogP contribution in [0, 0.1) is 0 Å². The summed E-state index contributed by atoms with van der Waals surface area (Å²) in [4.78, 5) is 29.9. The van der Waals surface area contributed by atoms with Crippen molar-refractivity contribution in [3.05, 3.63) is 48.7 Å². The Morgan fingerprint density at radius 1 is 1.19 bits per heavy atom. The van der Waals surface area contributed by atoms with Crippen LogP contribution in [-0.4, -0.2) is 54.1 Å². The van der Waals surface area contributed by atoms with Crippen molar-refractivity contribution in [2.24, 2.45) is 0 Å². The number of hydrogen-bond acceptors (Lipinski definition) is 5. The number of aromatic nitrogens is 1. The highest BCUT2D eigenvalue weighted by molar-refractivity contribution is 5.84. The first-order valence-corrected chi connectivity index (χ1v) is 8.88. The summed E-state index contributed by atoms with van der Waals surface area (Å²) < 4.78 is 9.82. The van der Waals surface area contributed by atoms with Gasteiger partial charge in [-0.3, -0.25) is 5.32 Å². The van der Waals surface area contributed by atoms with Crippen molar-refractivity contribution in [2.75, 3.05) is 32.5 Å². The highest BCUT2D eigenvalue weighted by Crippen LogP contribution is 2.09. The van der Waals surface area contributed by atoms with Gasteiger partial charge >= 0.3 is 12.1 Å². The summed E-state index contributed by atoms with van der Waals surface area (Å²) in [5, 5.41) is 2.58. The number of ether oxygens (including phenoxy) is 1. The molecular formula is C19H26N4O4. The molecule has 0 bridgehead atoms. The minimum absolute atomic E-state index is 0.0681. The molecule has 0 spiro atoms. The molecule has 1 aliphatic rings. The number of para-hydroxylation sites is 1. The second-order valence-electron chi connectivity index (χ2n) is 6.26. The molecule has 8 heteroatoms. The maximum Gasteiger partial charge on any atom is 0.412 e. The lowest BCUT2D eigenvalue weighted by Gasteiger charge is -2.29. The second kappa shape index (κ2) is 10.8. The smallest absolute Gasteiger partial charge is 0.412 e. The van der Waals surface area contributed by atoms with E-state index in [0.29, 0.717) is 11.4 Å². The van der Waals surface area contributed by atoms with Crippen LogP contribution < -0.4 is 5.32 Å². The van der Waals surface area contributed by atoms with Gasteiger partial charge in [-0.2, -0.15) is 0 Å². The Labute approximate surface area is 159 Å². The van der Waals surface area contributed by atoms with Gasteiger partial charge in [0.1, 0.15) is 0 Å². The lowest BCUT2D eigenvalue weighted by Crippen LogP contribution is -2.42. The van der Waals surface area contributed by atoms with Gasteiger partial charge in [-0.1, -0.05) is 18.2 Å². The minimum atomic E-state index is -0.525. The van der Waals surface area contributed by atoms with Crippen molar-refractivity contribution in [3.8, 4) is 0 Å². The van der Waals surface area contributed by atoms with Crippen LogP contribution in [0.25, 0.3) is 0 Å². The fraction of sp³-hybridized carbons (Fsp3) is 0.421. The zero-order valence-electron chi connectivity index (χ0n) is 15.8. The quantitative estimate of drug-likeness (QED) is 0.887. The summed E-state index contributed by atoms with van der Waals surface area (Å²) in [5.41, 5.74) is 0.685. The van der Waals surface area contributed by atoms with Crippen LogP contribution in [0.4, 0.5) is 15.3 Å². The molecule has 146 valence electrons. The fourth-order valence-electron chi connectivity index (χ4n) is 2.49. The van der Waals surface area contributed by atoms with Gasteiger partial charge in [0.15, 0.2) is 18.8 Å². The van der Waals surface area contributed by atoms with Gasteiger partial charge in [-0.05, 0) is 31.4 Å². The molecule has 0 unspecified atom stereocenters. The number of anilines is 1. The monoisotopic (exact) mass is 374 g/mol. The van der Waals surface area contributed by atoms with E-state index in [1.165, 1.54) is 31.9 Å². The largest absolute Gasteiger partial charge is 0.445 e. The molecule has 27 heavy (non-hydrogen) atoms. The highest BCUT2D eigenvalue weighted by atomic mass is 16.6. The van der Waals surface area contributed by atoms with E-state index in [2.05, 4.69) is 10.3 Å². The van der Waals surface area contributed by atoms with Crippen LogP contribution >= 0.6 is 0 Å². The number of nitrogens with one attached hydrogen (secondary N) is 1. The Morgan fingerprint density at radius 2 is 1.89 bits per heavy atom. The molecule has 1 aromatic heterocycles. The van der Waals surface area contributed by atoms with Crippen molar-refractivity contribution in [1.29, 1.82) is 0 Å². The van der Waals surface area contributed by atoms with Crippen LogP contribution in [0.5, 0.6) is 0 Å². The van der Waals surface area contributed by atoms with E-state index in [-0.39, 0.29) is 12.6 Å². The van der Waals surface area contributed by atoms with E-state index < -0.39 is 6.09 Å². The van der Waals surface area contributed by atoms with Gasteiger partial charge in [0.25, 0.3) is 0 Å². The molecule has 1 saturated heterocycles. The molecule has 1 aromatic carbocycles. The second-order valence-corrected chi connectivity index (χ2v) is 6.26. The molecule has 0 saturated carbocycles. The van der Waals surface area contributed by atoms with E-state index in [4.69, 9.17) is 9.15 Å². The third-order valence-electron chi connectivity index (χ3n) is 3.86. The van der Waals surface area contributed by atoms with E-state index >= 15 is 0 Å². The predicted octanol–water partition coefficient (Wildman–Crippen LogP) is 3.58. The Kier molecular flexibility index (Phi) is 8.15. The van der Waals surface area contributed by atoms with Crippen molar-refractivity contribution in [1.82, 2.24) is 14.8 Å². The molecule has 1 aliphatic heterocycles. The Bertz CT molecular complexity index is 683. The molecule has 1 fully saturated rings. The molecule has 3 amide bonds. The first kappa shape index (κ1) is 20.3. The number of hydrogen-bond donors (Lipinski definition) is 1. The number of carbonyl (C=O) groups excluding carboxylic acids is 2. The summed E-state index contributed by atoms with van der Waals surface area (Å²) >= 11 is 0. The first-order chi connectivity index (χ1) is 13.1. The van der Waals surface area contributed by atoms with E-state index in [1.807, 2.05) is 23.1 Å². The molecule has 2 heterocycles. The molecule has 0 radical (unpaired) electrons. The molecule has 0 aliphatic carbocycles. The van der Waals surface area contributed by atoms with Crippen molar-refractivity contribution >= 4 is 17.8 Å². The van der Waals surface area contributed by atoms with Crippen molar-refractivity contribution < 1.29 is 18.7 Å². The van der Waals surface area contributed by atoms with Gasteiger partial charge in [0.05, 0.1) is 6.20 Å². The van der Waals surface area contributed by atoms with Crippen molar-refractivity contribution in [2.45, 2.75) is 25.9 Å². The number of benzene rings is 1. The Balaban J connectivity index is 0.000000208. The van der Waals surface area contributed by atoms with Gasteiger partial charge in [-0.15, -0.1) is 0 Å². The predicted molar refractivity (Wildman–Crippen MR) is 101 cm³/mol. The van der Waals surface area contributed by atoms with Crippen molar-refractivity contribution in [3.63, 3.8) is 0 Å². The Hall–Kier alpha value is -3.03. The summed E-state index contributed by atoms with van der Waals surface area (Å²) in [7, 11) is 3.61. The SMILES string of the molecule is CN(C)C(=O)N1CCCCC1.O=C(Nc1ccccc1)OCc1cnco1. The number of carbonyl (C=O) groups is 2. The normalized spacial score (nSPS) is 13.2. The zero-order valence-corrected chi connectivity index (χ0v) is 15.8. The number of nitrogens with zero attached hydrogens (tertiary/aromatic N) is 3. The van der Waals surface area contributed by atoms with Gasteiger partial charge in [-0.25, -0.2) is 14.6 Å². The number of urea groups is 1. The average Bonchev–Trinajstić information content (AvgIpc) is 3.21. The number of amides is 3. The van der Waals surface area contributed by atoms with Gasteiger partial charge in [0, 0.05) is 32.9 Å². The molecule has 3 rings (SSSR count). The highest BCUT2D eigenvalue weighted by Gasteiger charge is 2.17. The number of likely N-dealkylation sites (tertiary alicyclic amines) is 1. The molecule has 8 nitrogen and oxygen atoms in total. The third-order valence-corrected chi connectivity index (χ3v) is 3.86.